The molecule has 0 aliphatic carbocycles. The lowest BCUT2D eigenvalue weighted by atomic mass is 10.0. The highest BCUT2D eigenvalue weighted by molar-refractivity contribution is 5.72. The van der Waals surface area contributed by atoms with Gasteiger partial charge in [0.1, 0.15) is 0 Å². The molecule has 0 atom stereocenters. The molecule has 0 unspecified atom stereocenters. The standard InChI is InChI=1S/C23H25F3N4O4/c1-14(2)20-16(13-30(29-20)22-27-11-17(12-28-22)23(24,25)26)7-5-9-34-21-15(10-19(31)32)6-4-8-18(21)33-3/h4,6,8,11-14H,5,7,9-10H2,1-3H3,(H,31,32). The maximum Gasteiger partial charge on any atom is 0.419 e. The number of hydrogen-bond acceptors (Lipinski definition) is 6. The number of benzene rings is 1. The first-order chi connectivity index (χ1) is 16.1. The summed E-state index contributed by atoms with van der Waals surface area (Å²) >= 11 is 0. The number of hydrogen-bond donors (Lipinski definition) is 1. The van der Waals surface area contributed by atoms with Crippen LogP contribution in [0.2, 0.25) is 0 Å². The van der Waals surface area contributed by atoms with Gasteiger partial charge < -0.3 is 14.6 Å². The van der Waals surface area contributed by atoms with Crippen molar-refractivity contribution in [2.75, 3.05) is 13.7 Å². The van der Waals surface area contributed by atoms with Crippen LogP contribution in [0.3, 0.4) is 0 Å². The second kappa shape index (κ2) is 10.5. The lowest BCUT2D eigenvalue weighted by molar-refractivity contribution is -0.138. The van der Waals surface area contributed by atoms with Crippen molar-refractivity contribution in [1.82, 2.24) is 19.7 Å². The van der Waals surface area contributed by atoms with Gasteiger partial charge >= 0.3 is 12.1 Å². The number of para-hydroxylation sites is 1. The highest BCUT2D eigenvalue weighted by Crippen LogP contribution is 2.32. The van der Waals surface area contributed by atoms with Crippen LogP contribution in [-0.2, 0) is 23.8 Å². The summed E-state index contributed by atoms with van der Waals surface area (Å²) in [5, 5.41) is 13.6. The minimum atomic E-state index is -4.51. The molecule has 11 heteroatoms. The summed E-state index contributed by atoms with van der Waals surface area (Å²) in [6.07, 6.45) is -0.367. The number of rotatable bonds is 10. The smallest absolute Gasteiger partial charge is 0.419 e. The molecule has 182 valence electrons. The van der Waals surface area contributed by atoms with Crippen molar-refractivity contribution in [1.29, 1.82) is 0 Å². The molecule has 3 rings (SSSR count). The number of halogens is 3. The van der Waals surface area contributed by atoms with E-state index < -0.39 is 17.7 Å². The fraction of sp³-hybridized carbons (Fsp3) is 0.391. The molecule has 0 amide bonds. The van der Waals surface area contributed by atoms with E-state index in [2.05, 4.69) is 15.1 Å². The quantitative estimate of drug-likeness (QED) is 0.430. The zero-order valence-corrected chi connectivity index (χ0v) is 19.0. The second-order valence-corrected chi connectivity index (χ2v) is 7.88. The molecule has 0 spiro atoms. The van der Waals surface area contributed by atoms with Gasteiger partial charge in [-0.1, -0.05) is 26.0 Å². The van der Waals surface area contributed by atoms with Gasteiger partial charge in [0.05, 0.1) is 31.4 Å². The molecular formula is C23H25F3N4O4. The largest absolute Gasteiger partial charge is 0.493 e. The van der Waals surface area contributed by atoms with Crippen LogP contribution >= 0.6 is 0 Å². The molecule has 0 radical (unpaired) electrons. The van der Waals surface area contributed by atoms with Gasteiger partial charge in [0.25, 0.3) is 0 Å². The molecule has 0 aliphatic rings. The summed E-state index contributed by atoms with van der Waals surface area (Å²) in [6.45, 7) is 4.23. The Balaban J connectivity index is 1.71. The Hall–Kier alpha value is -3.63. The average Bonchev–Trinajstić information content (AvgIpc) is 3.21. The third-order valence-electron chi connectivity index (χ3n) is 5.00. The number of aryl methyl sites for hydroxylation is 1. The Bertz CT molecular complexity index is 1130. The number of aliphatic carboxylic acids is 1. The van der Waals surface area contributed by atoms with E-state index in [4.69, 9.17) is 14.6 Å². The third kappa shape index (κ3) is 6.03. The molecule has 0 bridgehead atoms. The summed E-state index contributed by atoms with van der Waals surface area (Å²) < 4.78 is 50.9. The van der Waals surface area contributed by atoms with Gasteiger partial charge in [-0.05, 0) is 30.4 Å². The lowest BCUT2D eigenvalue weighted by Gasteiger charge is -2.14. The van der Waals surface area contributed by atoms with Crippen molar-refractivity contribution in [3.8, 4) is 17.4 Å². The molecule has 8 nitrogen and oxygen atoms in total. The number of methoxy groups -OCH3 is 1. The van der Waals surface area contributed by atoms with E-state index in [0.717, 1.165) is 23.7 Å². The number of nitrogens with zero attached hydrogens (tertiary/aromatic N) is 4. The predicted octanol–water partition coefficient (Wildman–Crippen LogP) is 4.45. The van der Waals surface area contributed by atoms with Crippen LogP contribution < -0.4 is 9.47 Å². The van der Waals surface area contributed by atoms with Gasteiger partial charge in [-0.2, -0.15) is 18.3 Å². The first-order valence-corrected chi connectivity index (χ1v) is 10.6. The van der Waals surface area contributed by atoms with Crippen molar-refractivity contribution >= 4 is 5.97 Å². The van der Waals surface area contributed by atoms with Crippen LogP contribution in [0, 0.1) is 0 Å². The minimum absolute atomic E-state index is 0.0461. The molecular weight excluding hydrogens is 453 g/mol. The van der Waals surface area contributed by atoms with Crippen LogP contribution in [-0.4, -0.2) is 44.5 Å². The van der Waals surface area contributed by atoms with Crippen LogP contribution in [0.15, 0.2) is 36.8 Å². The van der Waals surface area contributed by atoms with Gasteiger partial charge in [0.2, 0.25) is 5.95 Å². The fourth-order valence-electron chi connectivity index (χ4n) is 3.41. The molecule has 0 saturated carbocycles. The number of carboxylic acids is 1. The number of aromatic nitrogens is 4. The molecule has 34 heavy (non-hydrogen) atoms. The lowest BCUT2D eigenvalue weighted by Crippen LogP contribution is -2.09. The molecule has 3 aromatic rings. The van der Waals surface area contributed by atoms with Gasteiger partial charge in [-0.25, -0.2) is 14.6 Å². The van der Waals surface area contributed by atoms with Gasteiger partial charge in [0, 0.05) is 24.2 Å². The van der Waals surface area contributed by atoms with Crippen LogP contribution in [0.4, 0.5) is 13.2 Å². The normalized spacial score (nSPS) is 11.6. The van der Waals surface area contributed by atoms with Crippen molar-refractivity contribution in [2.45, 2.75) is 45.2 Å². The van der Waals surface area contributed by atoms with E-state index >= 15 is 0 Å². The Morgan fingerprint density at radius 3 is 2.47 bits per heavy atom. The topological polar surface area (TPSA) is 99.4 Å². The van der Waals surface area contributed by atoms with E-state index in [9.17, 15) is 18.0 Å². The Morgan fingerprint density at radius 2 is 1.88 bits per heavy atom. The van der Waals surface area contributed by atoms with Gasteiger partial charge in [0.15, 0.2) is 11.5 Å². The number of alkyl halides is 3. The Labute approximate surface area is 194 Å². The van der Waals surface area contributed by atoms with Crippen molar-refractivity contribution in [3.05, 3.63) is 59.2 Å². The van der Waals surface area contributed by atoms with E-state index in [1.165, 1.54) is 11.8 Å². The zero-order chi connectivity index (χ0) is 24.9. The van der Waals surface area contributed by atoms with Gasteiger partial charge in [-0.15, -0.1) is 0 Å². The van der Waals surface area contributed by atoms with E-state index in [1.54, 1.807) is 24.4 Å². The number of carbonyl (C=O) groups is 1. The Kier molecular flexibility index (Phi) is 7.75. The highest BCUT2D eigenvalue weighted by atomic mass is 19.4. The van der Waals surface area contributed by atoms with Crippen molar-refractivity contribution < 1.29 is 32.5 Å². The second-order valence-electron chi connectivity index (χ2n) is 7.88. The first-order valence-electron chi connectivity index (χ1n) is 10.6. The average molecular weight is 478 g/mol. The fourth-order valence-corrected chi connectivity index (χ4v) is 3.41. The van der Waals surface area contributed by atoms with E-state index in [-0.39, 0.29) is 18.3 Å². The zero-order valence-electron chi connectivity index (χ0n) is 19.0. The molecule has 0 saturated heterocycles. The van der Waals surface area contributed by atoms with Crippen LogP contribution in [0.1, 0.15) is 48.6 Å². The summed E-state index contributed by atoms with van der Waals surface area (Å²) in [4.78, 5) is 18.8. The Morgan fingerprint density at radius 1 is 1.18 bits per heavy atom. The maximum absolute atomic E-state index is 12.8. The van der Waals surface area contributed by atoms with Crippen LogP contribution in [0.5, 0.6) is 11.5 Å². The van der Waals surface area contributed by atoms with Gasteiger partial charge in [-0.3, -0.25) is 4.79 Å². The predicted molar refractivity (Wildman–Crippen MR) is 116 cm³/mol. The summed E-state index contributed by atoms with van der Waals surface area (Å²) in [5.74, 6) is -0.00969. The summed E-state index contributed by atoms with van der Waals surface area (Å²) in [6, 6.07) is 5.08. The molecule has 2 aromatic heterocycles. The van der Waals surface area contributed by atoms with Crippen LogP contribution in [0.25, 0.3) is 5.95 Å². The summed E-state index contributed by atoms with van der Waals surface area (Å²) in [7, 11) is 1.49. The maximum atomic E-state index is 12.8. The molecule has 1 N–H and O–H groups in total. The monoisotopic (exact) mass is 478 g/mol. The third-order valence-corrected chi connectivity index (χ3v) is 5.00. The molecule has 1 aromatic carbocycles. The molecule has 2 heterocycles. The van der Waals surface area contributed by atoms with Crippen molar-refractivity contribution in [3.63, 3.8) is 0 Å². The number of carboxylic acid groups (broad SMARTS) is 1. The van der Waals surface area contributed by atoms with Crippen molar-refractivity contribution in [2.24, 2.45) is 0 Å². The number of ether oxygens (including phenoxy) is 2. The highest BCUT2D eigenvalue weighted by Gasteiger charge is 2.31. The SMILES string of the molecule is COc1cccc(CC(=O)O)c1OCCCc1cn(-c2ncc(C(F)(F)F)cn2)nc1C(C)C. The molecule has 0 aliphatic heterocycles. The minimum Gasteiger partial charge on any atom is -0.493 e. The molecule has 0 fully saturated rings. The summed E-state index contributed by atoms with van der Waals surface area (Å²) in [5.41, 5.74) is 1.27. The first kappa shape index (κ1) is 25.0. The van der Waals surface area contributed by atoms with E-state index in [0.29, 0.717) is 36.5 Å². The van der Waals surface area contributed by atoms with E-state index in [1.807, 2.05) is 13.8 Å².